The number of aryl methyl sites for hydroxylation is 1. The van der Waals surface area contributed by atoms with E-state index in [4.69, 9.17) is 0 Å². The number of fused-ring (bicyclic) bond motifs is 2. The zero-order valence-corrected chi connectivity index (χ0v) is 11.9. The van der Waals surface area contributed by atoms with Gasteiger partial charge in [0, 0.05) is 36.6 Å². The van der Waals surface area contributed by atoms with Crippen molar-refractivity contribution in [1.82, 2.24) is 10.2 Å². The third kappa shape index (κ3) is 3.02. The molecule has 3 heterocycles. The van der Waals surface area contributed by atoms with Gasteiger partial charge >= 0.3 is 0 Å². The molecule has 0 radical (unpaired) electrons. The molecule has 2 nitrogen and oxygen atoms in total. The molecular formula is C13H21ClN2S. The van der Waals surface area contributed by atoms with Crippen LogP contribution in [0.2, 0.25) is 0 Å². The Morgan fingerprint density at radius 2 is 2.18 bits per heavy atom. The van der Waals surface area contributed by atoms with Crippen LogP contribution in [-0.4, -0.2) is 30.1 Å². The Balaban J connectivity index is 0.00000108. The number of hydrogen-bond donors (Lipinski definition) is 1. The number of nitrogens with one attached hydrogen (secondary N) is 1. The topological polar surface area (TPSA) is 15.3 Å². The summed E-state index contributed by atoms with van der Waals surface area (Å²) in [6, 6.07) is 3.80. The summed E-state index contributed by atoms with van der Waals surface area (Å²) in [4.78, 5) is 4.19. The molecule has 1 N–H and O–H groups in total. The summed E-state index contributed by atoms with van der Waals surface area (Å²) in [6.07, 6.45) is 4.11. The lowest BCUT2D eigenvalue weighted by Gasteiger charge is -2.23. The number of rotatable bonds is 2. The van der Waals surface area contributed by atoms with Crippen LogP contribution in [0.1, 0.15) is 29.7 Å². The van der Waals surface area contributed by atoms with E-state index >= 15 is 0 Å². The predicted octanol–water partition coefficient (Wildman–Crippen LogP) is 2.80. The molecule has 1 aromatic heterocycles. The Bertz CT molecular complexity index is 366. The zero-order valence-electron chi connectivity index (χ0n) is 10.3. The van der Waals surface area contributed by atoms with Crippen LogP contribution in [0.25, 0.3) is 0 Å². The van der Waals surface area contributed by atoms with Crippen molar-refractivity contribution >= 4 is 23.7 Å². The van der Waals surface area contributed by atoms with Crippen molar-refractivity contribution in [3.05, 3.63) is 21.9 Å². The minimum atomic E-state index is 0. The first-order valence-electron chi connectivity index (χ1n) is 6.32. The van der Waals surface area contributed by atoms with Gasteiger partial charge in [-0.05, 0) is 43.2 Å². The average molecular weight is 273 g/mol. The monoisotopic (exact) mass is 272 g/mol. The molecule has 2 atom stereocenters. The van der Waals surface area contributed by atoms with E-state index in [2.05, 4.69) is 28.6 Å². The van der Waals surface area contributed by atoms with E-state index in [1.54, 1.807) is 4.88 Å². The highest BCUT2D eigenvalue weighted by Crippen LogP contribution is 2.23. The maximum atomic E-state index is 3.74. The molecule has 0 spiro atoms. The average Bonchev–Trinajstić information content (AvgIpc) is 2.78. The largest absolute Gasteiger partial charge is 0.310 e. The molecule has 2 aliphatic heterocycles. The molecule has 0 saturated carbocycles. The lowest BCUT2D eigenvalue weighted by molar-refractivity contribution is 0.252. The maximum Gasteiger partial charge on any atom is 0.0331 e. The molecule has 96 valence electrons. The fraction of sp³-hybridized carbons (Fsp3) is 0.692. The van der Waals surface area contributed by atoms with Gasteiger partial charge in [0.15, 0.2) is 0 Å². The number of nitrogens with zero attached hydrogens (tertiary/aromatic N) is 1. The van der Waals surface area contributed by atoms with Gasteiger partial charge in [0.2, 0.25) is 0 Å². The van der Waals surface area contributed by atoms with Crippen LogP contribution < -0.4 is 5.32 Å². The van der Waals surface area contributed by atoms with Crippen LogP contribution in [0.4, 0.5) is 0 Å². The van der Waals surface area contributed by atoms with Gasteiger partial charge in [0.05, 0.1) is 0 Å². The number of likely N-dealkylation sites (tertiary alicyclic amines) is 1. The number of thiophene rings is 1. The lowest BCUT2D eigenvalue weighted by Crippen LogP contribution is -2.34. The highest BCUT2D eigenvalue weighted by Gasteiger charge is 2.29. The fourth-order valence-electron chi connectivity index (χ4n) is 2.93. The zero-order chi connectivity index (χ0) is 11.0. The molecule has 2 saturated heterocycles. The van der Waals surface area contributed by atoms with E-state index in [9.17, 15) is 0 Å². The molecule has 0 amide bonds. The standard InChI is InChI=1S/C13H20N2S.ClH/c1-10-5-7-16-13(10)9-15-6-4-11-2-3-12(8-15)14-11;/h5,7,11-12,14H,2-4,6,8-9H2,1H3;1H. The summed E-state index contributed by atoms with van der Waals surface area (Å²) in [7, 11) is 0. The molecule has 2 fully saturated rings. The van der Waals surface area contributed by atoms with Gasteiger partial charge in [-0.3, -0.25) is 4.90 Å². The van der Waals surface area contributed by atoms with E-state index in [1.807, 2.05) is 11.3 Å². The van der Waals surface area contributed by atoms with Gasteiger partial charge in [-0.15, -0.1) is 23.7 Å². The molecule has 0 aromatic carbocycles. The first-order valence-corrected chi connectivity index (χ1v) is 7.20. The van der Waals surface area contributed by atoms with E-state index < -0.39 is 0 Å². The second-order valence-electron chi connectivity index (χ2n) is 5.19. The molecule has 3 rings (SSSR count). The fourth-order valence-corrected chi connectivity index (χ4v) is 3.88. The summed E-state index contributed by atoms with van der Waals surface area (Å²) >= 11 is 1.91. The first kappa shape index (κ1) is 13.3. The summed E-state index contributed by atoms with van der Waals surface area (Å²) in [6.45, 7) is 5.90. The highest BCUT2D eigenvalue weighted by atomic mass is 35.5. The van der Waals surface area contributed by atoms with Crippen LogP contribution in [0, 0.1) is 6.92 Å². The molecule has 2 unspecified atom stereocenters. The van der Waals surface area contributed by atoms with Crippen molar-refractivity contribution in [3.8, 4) is 0 Å². The van der Waals surface area contributed by atoms with Crippen LogP contribution in [0.15, 0.2) is 11.4 Å². The molecule has 2 bridgehead atoms. The van der Waals surface area contributed by atoms with Crippen molar-refractivity contribution in [2.24, 2.45) is 0 Å². The molecule has 1 aromatic rings. The normalized spacial score (nSPS) is 28.8. The van der Waals surface area contributed by atoms with Gasteiger partial charge < -0.3 is 5.32 Å². The molecule has 0 aliphatic carbocycles. The van der Waals surface area contributed by atoms with E-state index in [0.717, 1.165) is 18.6 Å². The van der Waals surface area contributed by atoms with Gasteiger partial charge in [-0.25, -0.2) is 0 Å². The molecule has 17 heavy (non-hydrogen) atoms. The minimum absolute atomic E-state index is 0. The van der Waals surface area contributed by atoms with Crippen LogP contribution >= 0.6 is 23.7 Å². The Labute approximate surface area is 114 Å². The van der Waals surface area contributed by atoms with Gasteiger partial charge in [-0.2, -0.15) is 0 Å². The third-order valence-electron chi connectivity index (χ3n) is 3.94. The Morgan fingerprint density at radius 1 is 1.35 bits per heavy atom. The summed E-state index contributed by atoms with van der Waals surface area (Å²) in [5.41, 5.74) is 1.47. The second kappa shape index (κ2) is 5.70. The second-order valence-corrected chi connectivity index (χ2v) is 6.19. The van der Waals surface area contributed by atoms with Crippen molar-refractivity contribution in [2.75, 3.05) is 13.1 Å². The van der Waals surface area contributed by atoms with Crippen molar-refractivity contribution in [2.45, 2.75) is 44.8 Å². The molecule has 4 heteroatoms. The Morgan fingerprint density at radius 3 is 2.94 bits per heavy atom. The molecule has 2 aliphatic rings. The summed E-state index contributed by atoms with van der Waals surface area (Å²) in [5.74, 6) is 0. The maximum absolute atomic E-state index is 3.74. The van der Waals surface area contributed by atoms with Crippen LogP contribution in [0.3, 0.4) is 0 Å². The first-order chi connectivity index (χ1) is 7.81. The van der Waals surface area contributed by atoms with Crippen molar-refractivity contribution in [3.63, 3.8) is 0 Å². The van der Waals surface area contributed by atoms with Crippen molar-refractivity contribution < 1.29 is 0 Å². The van der Waals surface area contributed by atoms with Crippen LogP contribution in [-0.2, 0) is 6.54 Å². The summed E-state index contributed by atoms with van der Waals surface area (Å²) in [5, 5.41) is 5.95. The Hall–Kier alpha value is -0.0900. The van der Waals surface area contributed by atoms with Gasteiger partial charge in [0.25, 0.3) is 0 Å². The van der Waals surface area contributed by atoms with E-state index in [0.29, 0.717) is 0 Å². The molecular weight excluding hydrogens is 252 g/mol. The van der Waals surface area contributed by atoms with E-state index in [-0.39, 0.29) is 12.4 Å². The smallest absolute Gasteiger partial charge is 0.0331 e. The minimum Gasteiger partial charge on any atom is -0.310 e. The Kier molecular flexibility index (Phi) is 4.47. The van der Waals surface area contributed by atoms with Gasteiger partial charge in [-0.1, -0.05) is 0 Å². The third-order valence-corrected chi connectivity index (χ3v) is 4.95. The predicted molar refractivity (Wildman–Crippen MR) is 76.1 cm³/mol. The number of halogens is 1. The number of hydrogen-bond acceptors (Lipinski definition) is 3. The SMILES string of the molecule is Cc1ccsc1CN1CCC2CCC(C1)N2.Cl. The van der Waals surface area contributed by atoms with Crippen LogP contribution in [0.5, 0.6) is 0 Å². The van der Waals surface area contributed by atoms with Crippen molar-refractivity contribution in [1.29, 1.82) is 0 Å². The highest BCUT2D eigenvalue weighted by molar-refractivity contribution is 7.10. The van der Waals surface area contributed by atoms with E-state index in [1.165, 1.54) is 37.9 Å². The quantitative estimate of drug-likeness (QED) is 0.891. The lowest BCUT2D eigenvalue weighted by atomic mass is 10.1. The van der Waals surface area contributed by atoms with Gasteiger partial charge in [0.1, 0.15) is 0 Å². The summed E-state index contributed by atoms with van der Waals surface area (Å²) < 4.78 is 0.